The summed E-state index contributed by atoms with van der Waals surface area (Å²) in [5.74, 6) is 1.69. The third-order valence-corrected chi connectivity index (χ3v) is 7.00. The molecule has 1 fully saturated rings. The number of nitrogens with zero attached hydrogens (tertiary/aromatic N) is 4. The second-order valence-corrected chi connectivity index (χ2v) is 10.2. The molecular formula is C25H29N5O3S. The molecule has 0 bridgehead atoms. The Bertz CT molecular complexity index is 1260. The molecule has 0 spiro atoms. The Balaban J connectivity index is 1.52. The highest BCUT2D eigenvalue weighted by Crippen LogP contribution is 2.34. The van der Waals surface area contributed by atoms with Gasteiger partial charge in [0, 0.05) is 36.8 Å². The largest absolute Gasteiger partial charge is 0.508 e. The van der Waals surface area contributed by atoms with E-state index >= 15 is 0 Å². The van der Waals surface area contributed by atoms with Gasteiger partial charge < -0.3 is 15.3 Å². The van der Waals surface area contributed by atoms with E-state index in [-0.39, 0.29) is 23.0 Å². The van der Waals surface area contributed by atoms with Crippen molar-refractivity contribution in [1.82, 2.24) is 9.97 Å². The summed E-state index contributed by atoms with van der Waals surface area (Å²) in [4.78, 5) is 11.2. The molecule has 1 aromatic carbocycles. The molecule has 4 rings (SSSR count). The molecule has 0 saturated heterocycles. The first-order chi connectivity index (χ1) is 16.4. The topological polar surface area (TPSA) is 108 Å². The van der Waals surface area contributed by atoms with Crippen LogP contribution in [0.2, 0.25) is 0 Å². The van der Waals surface area contributed by atoms with E-state index in [1.54, 1.807) is 36.6 Å². The Labute approximate surface area is 200 Å². The number of aromatic nitrogens is 2. The maximum absolute atomic E-state index is 12.6. The number of aryl methyl sites for hydroxylation is 1. The predicted octanol–water partition coefficient (Wildman–Crippen LogP) is 4.85. The van der Waals surface area contributed by atoms with Crippen molar-refractivity contribution in [2.45, 2.75) is 39.0 Å². The van der Waals surface area contributed by atoms with Crippen LogP contribution < -0.4 is 10.2 Å². The van der Waals surface area contributed by atoms with Crippen LogP contribution in [0.15, 0.2) is 70.3 Å². The third kappa shape index (κ3) is 5.91. The van der Waals surface area contributed by atoms with Crippen LogP contribution in [0.1, 0.15) is 38.2 Å². The van der Waals surface area contributed by atoms with Gasteiger partial charge in [-0.25, -0.2) is 4.98 Å². The van der Waals surface area contributed by atoms with E-state index in [4.69, 9.17) is 0 Å². The molecule has 34 heavy (non-hydrogen) atoms. The number of phenols is 1. The summed E-state index contributed by atoms with van der Waals surface area (Å²) in [6.45, 7) is 6.29. The second kappa shape index (κ2) is 10.2. The molecule has 0 amide bonds. The van der Waals surface area contributed by atoms with E-state index in [9.17, 15) is 13.5 Å². The molecule has 1 aliphatic carbocycles. The highest BCUT2D eigenvalue weighted by molar-refractivity contribution is 7.94. The summed E-state index contributed by atoms with van der Waals surface area (Å²) in [5, 5.41) is 12.9. The van der Waals surface area contributed by atoms with Crippen LogP contribution in [0.25, 0.3) is 0 Å². The van der Waals surface area contributed by atoms with Gasteiger partial charge in [0.2, 0.25) is 5.95 Å². The first-order valence-electron chi connectivity index (χ1n) is 11.3. The zero-order valence-corrected chi connectivity index (χ0v) is 20.0. The Hall–Kier alpha value is -3.46. The van der Waals surface area contributed by atoms with Gasteiger partial charge in [-0.05, 0) is 80.5 Å². The summed E-state index contributed by atoms with van der Waals surface area (Å²) in [7, 11) is -3.73. The Morgan fingerprint density at radius 2 is 2.15 bits per heavy atom. The fourth-order valence-electron chi connectivity index (χ4n) is 3.70. The quantitative estimate of drug-likeness (QED) is 0.301. The number of phenolic OH excluding ortho intramolecular Hbond substituents is 1. The minimum atomic E-state index is -3.73. The maximum atomic E-state index is 12.6. The van der Waals surface area contributed by atoms with Crippen LogP contribution in [0.4, 0.5) is 17.5 Å². The summed E-state index contributed by atoms with van der Waals surface area (Å²) in [5.41, 5.74) is 2.79. The molecule has 2 heterocycles. The van der Waals surface area contributed by atoms with Gasteiger partial charge in [0.25, 0.3) is 10.0 Å². The van der Waals surface area contributed by atoms with Crippen LogP contribution in [0, 0.1) is 5.92 Å². The maximum Gasteiger partial charge on any atom is 0.278 e. The first-order valence-corrected chi connectivity index (χ1v) is 12.8. The van der Waals surface area contributed by atoms with Crippen LogP contribution >= 0.6 is 0 Å². The van der Waals surface area contributed by atoms with Gasteiger partial charge in [-0.1, -0.05) is 6.08 Å². The summed E-state index contributed by atoms with van der Waals surface area (Å²) in [6.07, 6.45) is 12.0. The standard InChI is InChI=1S/C25H29N5O3S/c1-3-5-22(34(32,33)27-17-19-8-9-19)11-7-18(2)28-25-26-14-13-24(29-25)30-15-4-6-20-16-21(31)10-12-23(20)30/h3,7,10-14,16-17,19,31H,1,4-6,8-9,15H2,2H3,(H,26,28,29)/b18-7+,22-11+,27-17?. The molecule has 0 atom stereocenters. The van der Waals surface area contributed by atoms with Crippen molar-refractivity contribution in [2.24, 2.45) is 10.3 Å². The van der Waals surface area contributed by atoms with E-state index in [1.807, 2.05) is 19.1 Å². The van der Waals surface area contributed by atoms with Crippen molar-refractivity contribution in [3.05, 3.63) is 71.4 Å². The van der Waals surface area contributed by atoms with Gasteiger partial charge in [0.05, 0.1) is 4.91 Å². The molecule has 2 aromatic rings. The number of aromatic hydroxyl groups is 1. The number of hydrogen-bond donors (Lipinski definition) is 2. The molecule has 0 radical (unpaired) electrons. The number of rotatable bonds is 9. The zero-order valence-electron chi connectivity index (χ0n) is 19.2. The third-order valence-electron chi connectivity index (χ3n) is 5.64. The SMILES string of the molecule is C=CC/C(=C\C=C(/C)Nc1nccc(N2CCCc3cc(O)ccc32)n1)S(=O)(=O)N=CC1CC1. The number of nitrogens with one attached hydrogen (secondary N) is 1. The van der Waals surface area contributed by atoms with Gasteiger partial charge in [0.15, 0.2) is 0 Å². The average molecular weight is 480 g/mol. The Morgan fingerprint density at radius 3 is 2.91 bits per heavy atom. The lowest BCUT2D eigenvalue weighted by Crippen LogP contribution is -2.25. The number of fused-ring (bicyclic) bond motifs is 1. The van der Waals surface area contributed by atoms with Gasteiger partial charge in [0.1, 0.15) is 11.6 Å². The monoisotopic (exact) mass is 479 g/mol. The molecule has 1 aliphatic heterocycles. The molecule has 2 aliphatic rings. The number of allylic oxidation sites excluding steroid dienone is 5. The highest BCUT2D eigenvalue weighted by Gasteiger charge is 2.22. The van der Waals surface area contributed by atoms with E-state index in [1.165, 1.54) is 6.21 Å². The minimum Gasteiger partial charge on any atom is -0.508 e. The number of benzene rings is 1. The fourth-order valence-corrected chi connectivity index (χ4v) is 4.73. The predicted molar refractivity (Wildman–Crippen MR) is 136 cm³/mol. The van der Waals surface area contributed by atoms with E-state index in [0.717, 1.165) is 49.3 Å². The van der Waals surface area contributed by atoms with Gasteiger partial charge in [-0.2, -0.15) is 17.8 Å². The zero-order chi connectivity index (χ0) is 24.1. The first kappa shape index (κ1) is 23.7. The molecule has 1 aromatic heterocycles. The van der Waals surface area contributed by atoms with E-state index < -0.39 is 10.0 Å². The Morgan fingerprint density at radius 1 is 1.32 bits per heavy atom. The molecule has 0 unspecified atom stereocenters. The summed E-state index contributed by atoms with van der Waals surface area (Å²) in [6, 6.07) is 7.23. The van der Waals surface area contributed by atoms with Crippen molar-refractivity contribution in [3.8, 4) is 5.75 Å². The molecule has 178 valence electrons. The molecule has 2 N–H and O–H groups in total. The van der Waals surface area contributed by atoms with Crippen molar-refractivity contribution in [1.29, 1.82) is 0 Å². The number of sulfonamides is 1. The molecular weight excluding hydrogens is 450 g/mol. The summed E-state index contributed by atoms with van der Waals surface area (Å²) < 4.78 is 28.9. The molecule has 9 heteroatoms. The normalized spacial score (nSPS) is 17.0. The van der Waals surface area contributed by atoms with Gasteiger partial charge in [-0.15, -0.1) is 6.58 Å². The van der Waals surface area contributed by atoms with E-state index in [2.05, 4.69) is 31.2 Å². The average Bonchev–Trinajstić information content (AvgIpc) is 3.65. The van der Waals surface area contributed by atoms with Crippen LogP contribution in [-0.4, -0.2) is 36.3 Å². The number of hydrogen-bond acceptors (Lipinski definition) is 7. The fraction of sp³-hybridized carbons (Fsp3) is 0.320. The molecule has 8 nitrogen and oxygen atoms in total. The van der Waals surface area contributed by atoms with Crippen molar-refractivity contribution in [2.75, 3.05) is 16.8 Å². The minimum absolute atomic E-state index is 0.184. The van der Waals surface area contributed by atoms with Crippen LogP contribution in [0.3, 0.4) is 0 Å². The van der Waals surface area contributed by atoms with Crippen LogP contribution in [-0.2, 0) is 16.4 Å². The lowest BCUT2D eigenvalue weighted by Gasteiger charge is -2.30. The van der Waals surface area contributed by atoms with Gasteiger partial charge in [-0.3, -0.25) is 0 Å². The Kier molecular flexibility index (Phi) is 7.12. The van der Waals surface area contributed by atoms with Crippen molar-refractivity contribution >= 4 is 33.7 Å². The smallest absolute Gasteiger partial charge is 0.278 e. The van der Waals surface area contributed by atoms with E-state index in [0.29, 0.717) is 11.6 Å². The lowest BCUT2D eigenvalue weighted by molar-refractivity contribution is 0.474. The molecule has 1 saturated carbocycles. The van der Waals surface area contributed by atoms with Gasteiger partial charge >= 0.3 is 0 Å². The van der Waals surface area contributed by atoms with Crippen molar-refractivity contribution < 1.29 is 13.5 Å². The van der Waals surface area contributed by atoms with Crippen LogP contribution in [0.5, 0.6) is 5.75 Å². The lowest BCUT2D eigenvalue weighted by atomic mass is 10.0. The highest BCUT2D eigenvalue weighted by atomic mass is 32.2. The number of anilines is 3. The van der Waals surface area contributed by atoms with Crippen molar-refractivity contribution in [3.63, 3.8) is 0 Å². The second-order valence-electron chi connectivity index (χ2n) is 8.47. The summed E-state index contributed by atoms with van der Waals surface area (Å²) >= 11 is 0.